The lowest BCUT2D eigenvalue weighted by Gasteiger charge is -2.71. The molecule has 0 aromatic rings. The third-order valence-electron chi connectivity index (χ3n) is 15.0. The van der Waals surface area contributed by atoms with Gasteiger partial charge in [0.2, 0.25) is 0 Å². The summed E-state index contributed by atoms with van der Waals surface area (Å²) in [6.45, 7) is 11.9. The van der Waals surface area contributed by atoms with Crippen molar-refractivity contribution < 1.29 is 60.0 Å². The Morgan fingerprint density at radius 1 is 0.938 bits per heavy atom. The van der Waals surface area contributed by atoms with Gasteiger partial charge >= 0.3 is 11.9 Å². The molecule has 0 aromatic carbocycles. The van der Waals surface area contributed by atoms with E-state index in [0.29, 0.717) is 44.9 Å². The summed E-state index contributed by atoms with van der Waals surface area (Å²) in [6, 6.07) is 0. The van der Waals surface area contributed by atoms with Crippen molar-refractivity contribution in [3.63, 3.8) is 0 Å². The molecule has 0 aliphatic heterocycles. The second kappa shape index (κ2) is 12.1. The van der Waals surface area contributed by atoms with E-state index in [4.69, 9.17) is 4.74 Å². The van der Waals surface area contributed by atoms with Gasteiger partial charge < -0.3 is 50.4 Å². The largest absolute Gasteiger partial charge is 0.481 e. The monoisotopic (exact) mass is 680 g/mol. The van der Waals surface area contributed by atoms with Gasteiger partial charge in [0, 0.05) is 11.3 Å². The number of carboxylic acid groups (broad SMARTS) is 1. The summed E-state index contributed by atoms with van der Waals surface area (Å²) < 4.78 is 5.61. The van der Waals surface area contributed by atoms with Crippen molar-refractivity contribution >= 4 is 18.2 Å². The molecule has 5 rings (SSSR count). The van der Waals surface area contributed by atoms with E-state index in [1.807, 2.05) is 13.8 Å². The van der Waals surface area contributed by atoms with Crippen molar-refractivity contribution in [2.45, 2.75) is 136 Å². The van der Waals surface area contributed by atoms with Crippen molar-refractivity contribution in [2.75, 3.05) is 6.61 Å². The van der Waals surface area contributed by atoms with Gasteiger partial charge in [-0.1, -0.05) is 53.2 Å². The van der Waals surface area contributed by atoms with Gasteiger partial charge in [-0.05, 0) is 84.9 Å². The maximum absolute atomic E-state index is 13.0. The number of carboxylic acids is 1. The van der Waals surface area contributed by atoms with Crippen LogP contribution in [0.25, 0.3) is 0 Å². The number of aliphatic hydroxyl groups is 7. The molecule has 0 amide bonds. The summed E-state index contributed by atoms with van der Waals surface area (Å²) in [5, 5.41) is 85.2. The fourth-order valence-corrected chi connectivity index (χ4v) is 11.8. The Balaban J connectivity index is 1.48. The van der Waals surface area contributed by atoms with Crippen molar-refractivity contribution in [1.82, 2.24) is 0 Å². The number of aliphatic hydroxyl groups excluding tert-OH is 7. The predicted molar refractivity (Wildman–Crippen MR) is 171 cm³/mol. The summed E-state index contributed by atoms with van der Waals surface area (Å²) >= 11 is 0. The van der Waals surface area contributed by atoms with Gasteiger partial charge in [0.25, 0.3) is 0 Å². The van der Waals surface area contributed by atoms with Crippen molar-refractivity contribution in [3.8, 4) is 0 Å². The lowest BCUT2D eigenvalue weighted by Crippen LogP contribution is -2.69. The smallest absolute Gasteiger partial charge is 0.338 e. The third kappa shape index (κ3) is 4.98. The number of hydrogen-bond donors (Lipinski definition) is 8. The zero-order valence-corrected chi connectivity index (χ0v) is 29.0. The number of hydrogen-bond acceptors (Lipinski definition) is 11. The van der Waals surface area contributed by atoms with Crippen LogP contribution >= 0.6 is 0 Å². The van der Waals surface area contributed by atoms with Gasteiger partial charge in [0.15, 0.2) is 12.4 Å². The number of aliphatic carboxylic acids is 1. The fourth-order valence-electron chi connectivity index (χ4n) is 11.8. The SMILES string of the molecule is CC12C[C@@H](O)[C@H](OC(=O)[C@@H](O)[C@@H](O)[C@H](O)[C@@H](O)C=O)[C@](C)(CO)C1CCC1(C)C2CC=C2C3[C@H](O)C(C)(C)CCC3(C(=O)O)CC[C@]21C. The van der Waals surface area contributed by atoms with Crippen LogP contribution in [0, 0.1) is 50.2 Å². The minimum absolute atomic E-state index is 0.00635. The summed E-state index contributed by atoms with van der Waals surface area (Å²) in [7, 11) is 0. The minimum Gasteiger partial charge on any atom is -0.481 e. The molecule has 272 valence electrons. The maximum Gasteiger partial charge on any atom is 0.338 e. The second-order valence-corrected chi connectivity index (χ2v) is 17.5. The van der Waals surface area contributed by atoms with E-state index in [9.17, 15) is 55.2 Å². The van der Waals surface area contributed by atoms with E-state index < -0.39 is 94.3 Å². The first-order valence-corrected chi connectivity index (χ1v) is 17.4. The summed E-state index contributed by atoms with van der Waals surface area (Å²) in [5.41, 5.74) is -2.95. The van der Waals surface area contributed by atoms with Gasteiger partial charge in [0.05, 0.1) is 24.2 Å². The molecule has 12 nitrogen and oxygen atoms in total. The lowest BCUT2D eigenvalue weighted by atomic mass is 9.33. The van der Waals surface area contributed by atoms with Crippen LogP contribution in [0.4, 0.5) is 0 Å². The highest BCUT2D eigenvalue weighted by Crippen LogP contribution is 2.76. The number of allylic oxidation sites excluding steroid dienone is 1. The number of fused-ring (bicyclic) bond motifs is 7. The first-order chi connectivity index (χ1) is 22.1. The number of carbonyl (C=O) groups is 3. The summed E-state index contributed by atoms with van der Waals surface area (Å²) in [4.78, 5) is 36.8. The molecule has 15 atom stereocenters. The van der Waals surface area contributed by atoms with Crippen molar-refractivity contribution in [2.24, 2.45) is 50.2 Å². The highest BCUT2D eigenvalue weighted by atomic mass is 16.6. The Hall–Kier alpha value is -1.93. The van der Waals surface area contributed by atoms with Crippen LogP contribution in [0.3, 0.4) is 0 Å². The first kappa shape index (κ1) is 37.3. The van der Waals surface area contributed by atoms with E-state index >= 15 is 0 Å². The third-order valence-corrected chi connectivity index (χ3v) is 15.0. The van der Waals surface area contributed by atoms with Crippen LogP contribution in [0.15, 0.2) is 11.6 Å². The molecule has 4 fully saturated rings. The standard InChI is InChI=1S/C36H56O12/c1-31(2)11-13-36(30(46)47)14-12-34(5)18(23(36)27(31)44)7-8-22-32(3)15-19(39)28(33(4,17-38)21(32)9-10-35(22,34)6)48-29(45)26(43)25(42)24(41)20(40)16-37/h7,16,19-28,38-44H,8-15,17H2,1-6H3,(H,46,47)/t19-,20+,21?,22?,23?,24-,25+,26+,27+,28+,32?,33-,34-,35?,36?/m1/s1. The van der Waals surface area contributed by atoms with E-state index in [0.717, 1.165) is 5.57 Å². The topological polar surface area (TPSA) is 222 Å². The normalized spacial score (nSPS) is 47.4. The summed E-state index contributed by atoms with van der Waals surface area (Å²) in [5.74, 6) is -3.00. The predicted octanol–water partition coefficient (Wildman–Crippen LogP) is 1.34. The molecule has 0 spiro atoms. The highest BCUT2D eigenvalue weighted by molar-refractivity contribution is 5.77. The highest BCUT2D eigenvalue weighted by Gasteiger charge is 2.72. The molecule has 4 saturated carbocycles. The molecular formula is C36H56O12. The quantitative estimate of drug-likeness (QED) is 0.103. The molecule has 0 aromatic heterocycles. The van der Waals surface area contributed by atoms with Crippen LogP contribution in [0.2, 0.25) is 0 Å². The molecular weight excluding hydrogens is 624 g/mol. The van der Waals surface area contributed by atoms with Gasteiger partial charge in [-0.25, -0.2) is 4.79 Å². The molecule has 0 saturated heterocycles. The minimum atomic E-state index is -2.33. The summed E-state index contributed by atoms with van der Waals surface area (Å²) in [6.07, 6.45) is -5.69. The van der Waals surface area contributed by atoms with Crippen molar-refractivity contribution in [3.05, 3.63) is 11.6 Å². The van der Waals surface area contributed by atoms with E-state index in [-0.39, 0.29) is 30.0 Å². The molecule has 8 N–H and O–H groups in total. The lowest BCUT2D eigenvalue weighted by molar-refractivity contribution is -0.255. The Bertz CT molecular complexity index is 1330. The van der Waals surface area contributed by atoms with E-state index in [1.54, 1.807) is 6.92 Å². The van der Waals surface area contributed by atoms with Crippen LogP contribution in [0.1, 0.15) is 92.9 Å². The average molecular weight is 681 g/mol. The van der Waals surface area contributed by atoms with E-state index in [2.05, 4.69) is 26.8 Å². The maximum atomic E-state index is 13.0. The number of aldehydes is 1. The molecule has 0 radical (unpaired) electrons. The van der Waals surface area contributed by atoms with Crippen LogP contribution in [-0.2, 0) is 19.1 Å². The van der Waals surface area contributed by atoms with Crippen molar-refractivity contribution in [1.29, 1.82) is 0 Å². The zero-order valence-electron chi connectivity index (χ0n) is 29.0. The number of carbonyl (C=O) groups excluding carboxylic acids is 2. The van der Waals surface area contributed by atoms with E-state index in [1.165, 1.54) is 0 Å². The van der Waals surface area contributed by atoms with Crippen LogP contribution in [0.5, 0.6) is 0 Å². The van der Waals surface area contributed by atoms with Crippen LogP contribution < -0.4 is 0 Å². The van der Waals surface area contributed by atoms with Gasteiger partial charge in [0.1, 0.15) is 24.4 Å². The molecule has 5 aliphatic rings. The molecule has 48 heavy (non-hydrogen) atoms. The Morgan fingerprint density at radius 3 is 2.15 bits per heavy atom. The molecule has 0 bridgehead atoms. The Labute approximate surface area is 282 Å². The Kier molecular flexibility index (Phi) is 9.41. The Morgan fingerprint density at radius 2 is 1.56 bits per heavy atom. The average Bonchev–Trinajstić information content (AvgIpc) is 3.03. The van der Waals surface area contributed by atoms with Crippen LogP contribution in [-0.4, -0.2) is 108 Å². The number of ether oxygens (including phenoxy) is 1. The van der Waals surface area contributed by atoms with Gasteiger partial charge in [-0.15, -0.1) is 0 Å². The molecule has 6 unspecified atom stereocenters. The second-order valence-electron chi connectivity index (χ2n) is 17.5. The molecule has 12 heteroatoms. The van der Waals surface area contributed by atoms with Gasteiger partial charge in [-0.3, -0.25) is 4.79 Å². The molecule has 5 aliphatic carbocycles. The number of esters is 1. The fraction of sp³-hybridized carbons (Fsp3) is 0.861. The van der Waals surface area contributed by atoms with Gasteiger partial charge in [-0.2, -0.15) is 0 Å². The number of rotatable bonds is 8. The first-order valence-electron chi connectivity index (χ1n) is 17.4. The molecule has 0 heterocycles. The zero-order chi connectivity index (χ0) is 36.0.